The van der Waals surface area contributed by atoms with Crippen molar-refractivity contribution in [2.75, 3.05) is 17.2 Å². The fourth-order valence-electron chi connectivity index (χ4n) is 2.22. The second kappa shape index (κ2) is 4.47. The van der Waals surface area contributed by atoms with Crippen LogP contribution in [0.25, 0.3) is 10.2 Å². The monoisotopic (exact) mass is 302 g/mol. The van der Waals surface area contributed by atoms with Crippen LogP contribution in [0.2, 0.25) is 0 Å². The predicted octanol–water partition coefficient (Wildman–Crippen LogP) is 3.11. The van der Waals surface area contributed by atoms with Crippen molar-refractivity contribution in [3.63, 3.8) is 0 Å². The Kier molecular flexibility index (Phi) is 3.00. The lowest BCUT2D eigenvalue weighted by Gasteiger charge is -2.25. The molecule has 4 nitrogen and oxygen atoms in total. The average molecular weight is 302 g/mol. The molecule has 3 rings (SSSR count). The van der Waals surface area contributed by atoms with Crippen LogP contribution in [0.4, 0.5) is 24.9 Å². The number of nitrogens with two attached hydrogens (primary N) is 1. The highest BCUT2D eigenvalue weighted by Crippen LogP contribution is 2.38. The lowest BCUT2D eigenvalue weighted by Crippen LogP contribution is -2.36. The minimum absolute atomic E-state index is 0.0159. The van der Waals surface area contributed by atoms with Gasteiger partial charge in [-0.15, -0.1) is 11.3 Å². The number of halogens is 3. The van der Waals surface area contributed by atoms with Crippen LogP contribution in [0.3, 0.4) is 0 Å². The Labute approximate surface area is 117 Å². The third-order valence-electron chi connectivity index (χ3n) is 3.12. The molecule has 2 aromatic heterocycles. The normalized spacial score (nSPS) is 15.8. The van der Waals surface area contributed by atoms with Gasteiger partial charge in [-0.2, -0.15) is 18.2 Å². The number of thiophene rings is 1. The smallest absolute Gasteiger partial charge is 0.368 e. The van der Waals surface area contributed by atoms with Gasteiger partial charge < -0.3 is 10.6 Å². The van der Waals surface area contributed by atoms with Crippen molar-refractivity contribution in [3.05, 3.63) is 10.9 Å². The van der Waals surface area contributed by atoms with Gasteiger partial charge in [0, 0.05) is 10.9 Å². The fourth-order valence-corrected chi connectivity index (χ4v) is 3.10. The van der Waals surface area contributed by atoms with Gasteiger partial charge in [-0.3, -0.25) is 0 Å². The molecule has 8 heteroatoms. The molecular weight excluding hydrogens is 289 g/mol. The number of nitrogens with zero attached hydrogens (tertiary/aromatic N) is 3. The van der Waals surface area contributed by atoms with Crippen molar-refractivity contribution in [1.29, 1.82) is 0 Å². The van der Waals surface area contributed by atoms with Gasteiger partial charge >= 0.3 is 6.18 Å². The molecule has 108 valence electrons. The number of rotatable bonds is 3. The Balaban J connectivity index is 2.10. The number of fused-ring (bicyclic) bond motifs is 1. The third-order valence-corrected chi connectivity index (χ3v) is 4.07. The van der Waals surface area contributed by atoms with E-state index in [-0.39, 0.29) is 12.0 Å². The van der Waals surface area contributed by atoms with Gasteiger partial charge in [-0.1, -0.05) is 0 Å². The summed E-state index contributed by atoms with van der Waals surface area (Å²) in [5.41, 5.74) is 5.63. The summed E-state index contributed by atoms with van der Waals surface area (Å²) < 4.78 is 38.3. The number of alkyl halides is 3. The SMILES string of the molecule is Cc1cc2c(N(CC(F)(F)F)C3CC3)nc(N)nc2s1. The van der Waals surface area contributed by atoms with Crippen molar-refractivity contribution in [1.82, 2.24) is 9.97 Å². The zero-order valence-corrected chi connectivity index (χ0v) is 11.6. The summed E-state index contributed by atoms with van der Waals surface area (Å²) in [6, 6.07) is 1.72. The van der Waals surface area contributed by atoms with Gasteiger partial charge in [0.15, 0.2) is 0 Å². The Morgan fingerprint density at radius 2 is 2.10 bits per heavy atom. The van der Waals surface area contributed by atoms with Crippen molar-refractivity contribution < 1.29 is 13.2 Å². The van der Waals surface area contributed by atoms with E-state index in [1.165, 1.54) is 16.2 Å². The Hall–Kier alpha value is -1.57. The molecule has 2 heterocycles. The van der Waals surface area contributed by atoms with Gasteiger partial charge in [0.25, 0.3) is 0 Å². The molecule has 0 aliphatic heterocycles. The first-order valence-corrected chi connectivity index (χ1v) is 7.02. The second-order valence-corrected chi connectivity index (χ2v) is 6.19. The molecule has 0 saturated heterocycles. The molecule has 0 unspecified atom stereocenters. The number of nitrogen functional groups attached to an aromatic ring is 1. The molecule has 1 aliphatic rings. The maximum Gasteiger partial charge on any atom is 0.405 e. The summed E-state index contributed by atoms with van der Waals surface area (Å²) in [4.78, 5) is 11.1. The van der Waals surface area contributed by atoms with E-state index < -0.39 is 12.7 Å². The second-order valence-electron chi connectivity index (χ2n) is 4.96. The first-order valence-electron chi connectivity index (χ1n) is 6.20. The first-order chi connectivity index (χ1) is 9.33. The summed E-state index contributed by atoms with van der Waals surface area (Å²) in [6.07, 6.45) is -2.76. The van der Waals surface area contributed by atoms with E-state index in [0.717, 1.165) is 17.7 Å². The van der Waals surface area contributed by atoms with Crippen molar-refractivity contribution >= 4 is 33.3 Å². The minimum atomic E-state index is -4.26. The van der Waals surface area contributed by atoms with E-state index in [2.05, 4.69) is 9.97 Å². The maximum atomic E-state index is 12.8. The molecule has 0 amide bonds. The first kappa shape index (κ1) is 13.4. The average Bonchev–Trinajstić information content (AvgIpc) is 3.07. The van der Waals surface area contributed by atoms with E-state index in [0.29, 0.717) is 16.0 Å². The molecule has 0 aromatic carbocycles. The van der Waals surface area contributed by atoms with Crippen molar-refractivity contribution in [3.8, 4) is 0 Å². The van der Waals surface area contributed by atoms with Crippen LogP contribution in [0.5, 0.6) is 0 Å². The summed E-state index contributed by atoms with van der Waals surface area (Å²) in [7, 11) is 0. The van der Waals surface area contributed by atoms with Crippen LogP contribution >= 0.6 is 11.3 Å². The molecule has 2 aromatic rings. The zero-order chi connectivity index (χ0) is 14.5. The largest absolute Gasteiger partial charge is 0.405 e. The highest BCUT2D eigenvalue weighted by atomic mass is 32.1. The van der Waals surface area contributed by atoms with Crippen LogP contribution in [-0.4, -0.2) is 28.7 Å². The molecule has 1 aliphatic carbocycles. The van der Waals surface area contributed by atoms with Crippen LogP contribution in [0.15, 0.2) is 6.07 Å². The summed E-state index contributed by atoms with van der Waals surface area (Å²) in [5, 5.41) is 0.651. The summed E-state index contributed by atoms with van der Waals surface area (Å²) in [6.45, 7) is 0.885. The van der Waals surface area contributed by atoms with Gasteiger partial charge in [0.2, 0.25) is 5.95 Å². The maximum absolute atomic E-state index is 12.8. The molecule has 1 fully saturated rings. The van der Waals surface area contributed by atoms with Crippen LogP contribution in [0.1, 0.15) is 17.7 Å². The lowest BCUT2D eigenvalue weighted by molar-refractivity contribution is -0.120. The topological polar surface area (TPSA) is 55.0 Å². The summed E-state index contributed by atoms with van der Waals surface area (Å²) in [5.74, 6) is 0.318. The molecule has 0 atom stereocenters. The molecule has 0 spiro atoms. The highest BCUT2D eigenvalue weighted by molar-refractivity contribution is 7.18. The van der Waals surface area contributed by atoms with Gasteiger partial charge in [0.1, 0.15) is 17.2 Å². The Morgan fingerprint density at radius 1 is 1.40 bits per heavy atom. The van der Waals surface area contributed by atoms with Crippen molar-refractivity contribution in [2.24, 2.45) is 0 Å². The lowest BCUT2D eigenvalue weighted by atomic mass is 10.3. The van der Waals surface area contributed by atoms with E-state index in [9.17, 15) is 13.2 Å². The van der Waals surface area contributed by atoms with Gasteiger partial charge in [0.05, 0.1) is 5.39 Å². The fraction of sp³-hybridized carbons (Fsp3) is 0.500. The molecular formula is C12H13F3N4S. The van der Waals surface area contributed by atoms with Crippen molar-refractivity contribution in [2.45, 2.75) is 32.0 Å². The molecule has 1 saturated carbocycles. The minimum Gasteiger partial charge on any atom is -0.368 e. The van der Waals surface area contributed by atoms with E-state index in [4.69, 9.17) is 5.73 Å². The quantitative estimate of drug-likeness (QED) is 0.946. The zero-order valence-electron chi connectivity index (χ0n) is 10.7. The van der Waals surface area contributed by atoms with Crippen LogP contribution in [0, 0.1) is 6.92 Å². The molecule has 0 radical (unpaired) electrons. The molecule has 2 N–H and O–H groups in total. The summed E-state index contributed by atoms with van der Waals surface area (Å²) >= 11 is 1.41. The number of hydrogen-bond donors (Lipinski definition) is 1. The van der Waals surface area contributed by atoms with E-state index in [1.54, 1.807) is 0 Å². The predicted molar refractivity (Wildman–Crippen MR) is 73.0 cm³/mol. The Morgan fingerprint density at radius 3 is 2.70 bits per heavy atom. The number of aryl methyl sites for hydroxylation is 1. The molecule has 0 bridgehead atoms. The number of anilines is 2. The molecule has 20 heavy (non-hydrogen) atoms. The number of aromatic nitrogens is 2. The van der Waals surface area contributed by atoms with Gasteiger partial charge in [-0.05, 0) is 25.8 Å². The van der Waals surface area contributed by atoms with Crippen LogP contribution in [-0.2, 0) is 0 Å². The van der Waals surface area contributed by atoms with Gasteiger partial charge in [-0.25, -0.2) is 4.98 Å². The third kappa shape index (κ3) is 2.65. The highest BCUT2D eigenvalue weighted by Gasteiger charge is 2.39. The van der Waals surface area contributed by atoms with E-state index >= 15 is 0 Å². The number of hydrogen-bond acceptors (Lipinski definition) is 5. The standard InChI is InChI=1S/C12H13F3N4S/c1-6-4-8-9(17-11(16)18-10(8)20-6)19(7-2-3-7)5-12(13,14)15/h4,7H,2-3,5H2,1H3,(H2,16,17,18). The Bertz CT molecular complexity index is 648. The van der Waals surface area contributed by atoms with Crippen LogP contribution < -0.4 is 10.6 Å². The van der Waals surface area contributed by atoms with E-state index in [1.807, 2.05) is 13.0 Å².